The van der Waals surface area contributed by atoms with Gasteiger partial charge in [-0.3, -0.25) is 4.79 Å². The standard InChI is InChI=1S/C17H17N3OS/c1-11-10-18-16(19-11)13-6-4-8-20(13)17(21)15-9-12-5-2-3-7-14(12)22-15/h2-3,5,7,9-10,13H,4,6,8H2,1H3,(H,18,19)/t13-/m1/s1. The summed E-state index contributed by atoms with van der Waals surface area (Å²) in [5.74, 6) is 1.03. The van der Waals surface area contributed by atoms with Crippen molar-refractivity contribution >= 4 is 27.3 Å². The van der Waals surface area contributed by atoms with Gasteiger partial charge in [0.2, 0.25) is 0 Å². The van der Waals surface area contributed by atoms with Crippen LogP contribution in [-0.4, -0.2) is 27.3 Å². The molecule has 1 amide bonds. The van der Waals surface area contributed by atoms with Crippen LogP contribution >= 0.6 is 11.3 Å². The predicted molar refractivity (Wildman–Crippen MR) is 88.2 cm³/mol. The second kappa shape index (κ2) is 5.25. The van der Waals surface area contributed by atoms with E-state index in [4.69, 9.17) is 0 Å². The van der Waals surface area contributed by atoms with Gasteiger partial charge < -0.3 is 9.88 Å². The molecule has 4 nitrogen and oxygen atoms in total. The molecule has 1 atom stereocenters. The minimum Gasteiger partial charge on any atom is -0.344 e. The van der Waals surface area contributed by atoms with E-state index in [9.17, 15) is 4.79 Å². The number of benzene rings is 1. The lowest BCUT2D eigenvalue weighted by Gasteiger charge is -2.22. The van der Waals surface area contributed by atoms with Crippen molar-refractivity contribution in [2.24, 2.45) is 0 Å². The van der Waals surface area contributed by atoms with Gasteiger partial charge in [-0.2, -0.15) is 0 Å². The lowest BCUT2D eigenvalue weighted by molar-refractivity contribution is 0.0735. The summed E-state index contributed by atoms with van der Waals surface area (Å²) < 4.78 is 1.16. The summed E-state index contributed by atoms with van der Waals surface area (Å²) in [5.41, 5.74) is 1.04. The normalized spacial score (nSPS) is 18.2. The van der Waals surface area contributed by atoms with Gasteiger partial charge in [-0.15, -0.1) is 11.3 Å². The number of H-pyrrole nitrogens is 1. The third-order valence-corrected chi connectivity index (χ3v) is 5.29. The van der Waals surface area contributed by atoms with Crippen LogP contribution < -0.4 is 0 Å². The molecule has 1 aromatic carbocycles. The van der Waals surface area contributed by atoms with Gasteiger partial charge in [-0.05, 0) is 37.3 Å². The Hall–Kier alpha value is -2.14. The number of fused-ring (bicyclic) bond motifs is 1. The van der Waals surface area contributed by atoms with Crippen molar-refractivity contribution in [1.29, 1.82) is 0 Å². The van der Waals surface area contributed by atoms with E-state index >= 15 is 0 Å². The van der Waals surface area contributed by atoms with Crippen molar-refractivity contribution in [1.82, 2.24) is 14.9 Å². The van der Waals surface area contributed by atoms with Gasteiger partial charge >= 0.3 is 0 Å². The van der Waals surface area contributed by atoms with Crippen molar-refractivity contribution in [2.75, 3.05) is 6.54 Å². The van der Waals surface area contributed by atoms with Gasteiger partial charge in [0.25, 0.3) is 5.91 Å². The minimum atomic E-state index is 0.0754. The molecule has 0 spiro atoms. The summed E-state index contributed by atoms with van der Waals surface area (Å²) in [7, 11) is 0. The number of hydrogen-bond donors (Lipinski definition) is 1. The maximum Gasteiger partial charge on any atom is 0.264 e. The maximum atomic E-state index is 12.9. The fourth-order valence-corrected chi connectivity index (χ4v) is 4.14. The van der Waals surface area contributed by atoms with Crippen LogP contribution in [0, 0.1) is 6.92 Å². The largest absolute Gasteiger partial charge is 0.344 e. The molecular weight excluding hydrogens is 294 g/mol. The molecule has 0 saturated carbocycles. The van der Waals surface area contributed by atoms with Crippen LogP contribution in [0.25, 0.3) is 10.1 Å². The second-order valence-electron chi connectivity index (χ2n) is 5.76. The van der Waals surface area contributed by atoms with E-state index in [1.54, 1.807) is 11.3 Å². The monoisotopic (exact) mass is 311 g/mol. The van der Waals surface area contributed by atoms with Crippen molar-refractivity contribution < 1.29 is 4.79 Å². The van der Waals surface area contributed by atoms with Crippen LogP contribution in [0.2, 0.25) is 0 Å². The molecule has 1 saturated heterocycles. The first-order chi connectivity index (χ1) is 10.7. The Balaban J connectivity index is 1.66. The van der Waals surface area contributed by atoms with E-state index in [1.165, 1.54) is 0 Å². The highest BCUT2D eigenvalue weighted by Gasteiger charge is 2.33. The molecule has 1 fully saturated rings. The number of amides is 1. The Labute approximate surface area is 132 Å². The van der Waals surface area contributed by atoms with Crippen LogP contribution in [0.5, 0.6) is 0 Å². The minimum absolute atomic E-state index is 0.0754. The first-order valence-corrected chi connectivity index (χ1v) is 8.35. The summed E-state index contributed by atoms with van der Waals surface area (Å²) in [5, 5.41) is 1.14. The summed E-state index contributed by atoms with van der Waals surface area (Å²) in [6, 6.07) is 10.2. The molecule has 3 aromatic rings. The number of likely N-dealkylation sites (tertiary alicyclic amines) is 1. The molecule has 0 unspecified atom stereocenters. The lowest BCUT2D eigenvalue weighted by atomic mass is 10.2. The van der Waals surface area contributed by atoms with E-state index in [0.29, 0.717) is 0 Å². The lowest BCUT2D eigenvalue weighted by Crippen LogP contribution is -2.30. The van der Waals surface area contributed by atoms with Gasteiger partial charge in [-0.1, -0.05) is 18.2 Å². The Morgan fingerprint density at radius 2 is 2.27 bits per heavy atom. The van der Waals surface area contributed by atoms with Crippen LogP contribution in [0.15, 0.2) is 36.5 Å². The number of carbonyl (C=O) groups excluding carboxylic acids is 1. The van der Waals surface area contributed by atoms with Gasteiger partial charge in [0.1, 0.15) is 5.82 Å². The molecule has 0 radical (unpaired) electrons. The Morgan fingerprint density at radius 3 is 3.05 bits per heavy atom. The number of rotatable bonds is 2. The fourth-order valence-electron chi connectivity index (χ4n) is 3.13. The zero-order chi connectivity index (χ0) is 15.1. The van der Waals surface area contributed by atoms with Crippen LogP contribution in [0.1, 0.15) is 40.1 Å². The Bertz CT molecular complexity index is 802. The SMILES string of the molecule is Cc1cnc([C@H]2CCCN2C(=O)c2cc3ccccc3s2)[nH]1. The molecule has 1 aliphatic rings. The summed E-state index contributed by atoms with van der Waals surface area (Å²) in [6.07, 6.45) is 3.83. The number of aromatic nitrogens is 2. The van der Waals surface area contributed by atoms with Crippen LogP contribution in [0.4, 0.5) is 0 Å². The molecular formula is C17H17N3OS. The van der Waals surface area contributed by atoms with Crippen LogP contribution in [-0.2, 0) is 0 Å². The van der Waals surface area contributed by atoms with Gasteiger partial charge in [0.05, 0.1) is 10.9 Å². The molecule has 22 heavy (non-hydrogen) atoms. The fraction of sp³-hybridized carbons (Fsp3) is 0.294. The number of thiophene rings is 1. The predicted octanol–water partition coefficient (Wildman–Crippen LogP) is 3.91. The van der Waals surface area contributed by atoms with E-state index in [0.717, 1.165) is 45.9 Å². The van der Waals surface area contributed by atoms with E-state index in [1.807, 2.05) is 36.2 Å². The number of hydrogen-bond acceptors (Lipinski definition) is 3. The quantitative estimate of drug-likeness (QED) is 0.780. The third kappa shape index (κ3) is 2.22. The highest BCUT2D eigenvalue weighted by Crippen LogP contribution is 2.34. The number of imidazole rings is 1. The summed E-state index contributed by atoms with van der Waals surface area (Å²) in [6.45, 7) is 2.79. The highest BCUT2D eigenvalue weighted by molar-refractivity contribution is 7.20. The Kier molecular flexibility index (Phi) is 3.22. The molecule has 5 heteroatoms. The topological polar surface area (TPSA) is 49.0 Å². The number of nitrogens with zero attached hydrogens (tertiary/aromatic N) is 2. The zero-order valence-corrected chi connectivity index (χ0v) is 13.2. The Morgan fingerprint density at radius 1 is 1.41 bits per heavy atom. The van der Waals surface area contributed by atoms with Crippen molar-refractivity contribution in [3.63, 3.8) is 0 Å². The van der Waals surface area contributed by atoms with Gasteiger partial charge in [0, 0.05) is 23.1 Å². The second-order valence-corrected chi connectivity index (χ2v) is 6.84. The molecule has 4 rings (SSSR count). The molecule has 3 heterocycles. The zero-order valence-electron chi connectivity index (χ0n) is 12.4. The first-order valence-electron chi connectivity index (χ1n) is 7.53. The van der Waals surface area contributed by atoms with Gasteiger partial charge in [0.15, 0.2) is 0 Å². The maximum absolute atomic E-state index is 12.9. The number of nitrogens with one attached hydrogen (secondary N) is 1. The summed E-state index contributed by atoms with van der Waals surface area (Å²) in [4.78, 5) is 23.4. The van der Waals surface area contributed by atoms with E-state index in [2.05, 4.69) is 22.1 Å². The van der Waals surface area contributed by atoms with E-state index < -0.39 is 0 Å². The highest BCUT2D eigenvalue weighted by atomic mass is 32.1. The van der Waals surface area contributed by atoms with Crippen LogP contribution in [0.3, 0.4) is 0 Å². The molecule has 1 N–H and O–H groups in total. The third-order valence-electron chi connectivity index (χ3n) is 4.19. The molecule has 0 bridgehead atoms. The van der Waals surface area contributed by atoms with Gasteiger partial charge in [-0.25, -0.2) is 4.98 Å². The smallest absolute Gasteiger partial charge is 0.264 e. The van der Waals surface area contributed by atoms with E-state index in [-0.39, 0.29) is 11.9 Å². The first kappa shape index (κ1) is 13.5. The molecule has 112 valence electrons. The molecule has 0 aliphatic carbocycles. The van der Waals surface area contributed by atoms with Crippen molar-refractivity contribution in [3.8, 4) is 0 Å². The number of carbonyl (C=O) groups is 1. The average Bonchev–Trinajstić information content (AvgIpc) is 3.24. The molecule has 1 aliphatic heterocycles. The number of aromatic amines is 1. The average molecular weight is 311 g/mol. The molecule has 2 aromatic heterocycles. The van der Waals surface area contributed by atoms with Crippen molar-refractivity contribution in [2.45, 2.75) is 25.8 Å². The van der Waals surface area contributed by atoms with Crippen molar-refractivity contribution in [3.05, 3.63) is 52.9 Å². The summed E-state index contributed by atoms with van der Waals surface area (Å²) >= 11 is 1.57. The number of aryl methyl sites for hydroxylation is 1.